The Bertz CT molecular complexity index is 1190. The molecule has 2 aromatic carbocycles. The van der Waals surface area contributed by atoms with E-state index in [4.69, 9.17) is 0 Å². The third-order valence-corrected chi connectivity index (χ3v) is 5.85. The Morgan fingerprint density at radius 1 is 0.970 bits per heavy atom. The number of aromatic nitrogens is 2. The van der Waals surface area contributed by atoms with Crippen LogP contribution >= 0.6 is 0 Å². The average molecular weight is 448 g/mol. The highest BCUT2D eigenvalue weighted by molar-refractivity contribution is 5.95. The van der Waals surface area contributed by atoms with E-state index in [1.165, 1.54) is 18.2 Å². The second-order valence-corrected chi connectivity index (χ2v) is 8.00. The fourth-order valence-electron chi connectivity index (χ4n) is 4.16. The fraction of sp³-hybridized carbons (Fsp3) is 0.250. The highest BCUT2D eigenvalue weighted by Gasteiger charge is 2.26. The summed E-state index contributed by atoms with van der Waals surface area (Å²) in [5.41, 5.74) is 2.38. The normalized spacial score (nSPS) is 15.5. The number of hydrogen-bond donors (Lipinski definition) is 0. The molecule has 5 rings (SSSR count). The second-order valence-electron chi connectivity index (χ2n) is 8.00. The smallest absolute Gasteiger partial charge is 0.256 e. The number of nitrogens with zero attached hydrogens (tertiary/aromatic N) is 6. The van der Waals surface area contributed by atoms with Crippen LogP contribution in [0.15, 0.2) is 59.9 Å². The van der Waals surface area contributed by atoms with Crippen LogP contribution in [0, 0.1) is 11.6 Å². The molecule has 168 valence electrons. The lowest BCUT2D eigenvalue weighted by molar-refractivity contribution is 0.0741. The summed E-state index contributed by atoms with van der Waals surface area (Å²) < 4.78 is 28.2. The van der Waals surface area contributed by atoms with Gasteiger partial charge in [0.2, 0.25) is 5.95 Å². The summed E-state index contributed by atoms with van der Waals surface area (Å²) in [7, 11) is 0. The van der Waals surface area contributed by atoms with Crippen molar-refractivity contribution in [2.75, 3.05) is 42.6 Å². The average Bonchev–Trinajstić information content (AvgIpc) is 2.85. The monoisotopic (exact) mass is 448 g/mol. The maximum atomic E-state index is 14.6. The van der Waals surface area contributed by atoms with E-state index in [1.54, 1.807) is 47.8 Å². The minimum Gasteiger partial charge on any atom is -0.347 e. The first kappa shape index (κ1) is 21.0. The number of carbonyl (C=O) groups excluding carboxylic acids is 1. The lowest BCUT2D eigenvalue weighted by atomic mass is 10.1. The van der Waals surface area contributed by atoms with Crippen molar-refractivity contribution < 1.29 is 13.6 Å². The Morgan fingerprint density at radius 2 is 1.76 bits per heavy atom. The number of benzene rings is 2. The summed E-state index contributed by atoms with van der Waals surface area (Å²) in [6, 6.07) is 10.9. The van der Waals surface area contributed by atoms with E-state index in [-0.39, 0.29) is 17.3 Å². The zero-order valence-electron chi connectivity index (χ0n) is 17.9. The van der Waals surface area contributed by atoms with Crippen molar-refractivity contribution in [1.82, 2.24) is 14.9 Å². The molecule has 1 fully saturated rings. The zero-order chi connectivity index (χ0) is 22.8. The number of fused-ring (bicyclic) bond motifs is 1. The Balaban J connectivity index is 1.29. The molecule has 3 heterocycles. The molecule has 2 aliphatic rings. The number of aliphatic imine (C=N–C) groups is 1. The molecule has 0 N–H and O–H groups in total. The van der Waals surface area contributed by atoms with E-state index in [0.717, 1.165) is 11.3 Å². The third-order valence-electron chi connectivity index (χ3n) is 5.85. The number of rotatable bonds is 4. The number of hydrogen-bond acceptors (Lipinski definition) is 6. The molecule has 2 aliphatic heterocycles. The predicted molar refractivity (Wildman–Crippen MR) is 122 cm³/mol. The van der Waals surface area contributed by atoms with Crippen LogP contribution < -0.4 is 9.80 Å². The van der Waals surface area contributed by atoms with Crippen molar-refractivity contribution in [3.63, 3.8) is 0 Å². The molecule has 33 heavy (non-hydrogen) atoms. The quantitative estimate of drug-likeness (QED) is 0.614. The molecule has 0 spiro atoms. The topological polar surface area (TPSA) is 64.9 Å². The Hall–Kier alpha value is -3.88. The van der Waals surface area contributed by atoms with Gasteiger partial charge in [0.25, 0.3) is 5.91 Å². The van der Waals surface area contributed by atoms with Gasteiger partial charge in [-0.15, -0.1) is 0 Å². The van der Waals surface area contributed by atoms with Gasteiger partial charge in [0.1, 0.15) is 18.3 Å². The van der Waals surface area contributed by atoms with E-state index in [2.05, 4.69) is 15.0 Å². The van der Waals surface area contributed by atoms with Gasteiger partial charge in [-0.2, -0.15) is 0 Å². The van der Waals surface area contributed by atoms with Gasteiger partial charge in [0, 0.05) is 62.6 Å². The van der Waals surface area contributed by atoms with E-state index in [0.29, 0.717) is 50.9 Å². The number of halogens is 2. The molecule has 0 atom stereocenters. The molecule has 0 radical (unpaired) electrons. The van der Waals surface area contributed by atoms with Gasteiger partial charge in [-0.25, -0.2) is 18.7 Å². The number of piperazine rings is 1. The van der Waals surface area contributed by atoms with Gasteiger partial charge >= 0.3 is 0 Å². The summed E-state index contributed by atoms with van der Waals surface area (Å²) in [5.74, 6) is -0.573. The SMILES string of the molecule is O=C(c1cc(CN2CN=Cc3cc(F)ccc32)ccc1F)N1CCN(c2ncccn2)CC1. The van der Waals surface area contributed by atoms with Crippen LogP contribution in [0.3, 0.4) is 0 Å². The number of amides is 1. The molecule has 1 amide bonds. The third kappa shape index (κ3) is 4.39. The van der Waals surface area contributed by atoms with Crippen LogP contribution in [0.1, 0.15) is 21.5 Å². The number of carbonyl (C=O) groups is 1. The van der Waals surface area contributed by atoms with E-state index < -0.39 is 5.82 Å². The molecular weight excluding hydrogens is 426 g/mol. The zero-order valence-corrected chi connectivity index (χ0v) is 17.9. The summed E-state index contributed by atoms with van der Waals surface area (Å²) >= 11 is 0. The second kappa shape index (κ2) is 8.93. The first-order chi connectivity index (χ1) is 16.1. The van der Waals surface area contributed by atoms with Crippen molar-refractivity contribution in [3.8, 4) is 0 Å². The van der Waals surface area contributed by atoms with Crippen molar-refractivity contribution in [2.24, 2.45) is 4.99 Å². The summed E-state index contributed by atoms with van der Waals surface area (Å²) in [6.07, 6.45) is 5.02. The predicted octanol–water partition coefficient (Wildman–Crippen LogP) is 3.11. The minimum absolute atomic E-state index is 0.0525. The van der Waals surface area contributed by atoms with E-state index >= 15 is 0 Å². The van der Waals surface area contributed by atoms with Crippen LogP contribution in [0.25, 0.3) is 0 Å². The van der Waals surface area contributed by atoms with E-state index in [9.17, 15) is 13.6 Å². The molecule has 0 saturated carbocycles. The molecule has 0 aliphatic carbocycles. The van der Waals surface area contributed by atoms with Gasteiger partial charge in [0.05, 0.1) is 5.56 Å². The van der Waals surface area contributed by atoms with Gasteiger partial charge in [-0.05, 0) is 42.0 Å². The molecule has 3 aromatic rings. The number of anilines is 2. The Kier molecular flexibility index (Phi) is 5.68. The van der Waals surface area contributed by atoms with Gasteiger partial charge in [-0.3, -0.25) is 9.79 Å². The molecule has 9 heteroatoms. The standard InChI is InChI=1S/C24H22F2N6O/c25-19-3-5-22-18(13-19)14-27-16-32(22)15-17-2-4-21(26)20(12-17)23(33)30-8-10-31(11-9-30)24-28-6-1-7-29-24/h1-7,12-14H,8-11,15-16H2. The highest BCUT2D eigenvalue weighted by atomic mass is 19.1. The molecular formula is C24H22F2N6O. The van der Waals surface area contributed by atoms with Crippen molar-refractivity contribution in [2.45, 2.75) is 6.54 Å². The summed E-state index contributed by atoms with van der Waals surface area (Å²) in [4.78, 5) is 31.5. The van der Waals surface area contributed by atoms with Crippen LogP contribution in [0.2, 0.25) is 0 Å². The highest BCUT2D eigenvalue weighted by Crippen LogP contribution is 2.26. The largest absolute Gasteiger partial charge is 0.347 e. The summed E-state index contributed by atoms with van der Waals surface area (Å²) in [5, 5.41) is 0. The lowest BCUT2D eigenvalue weighted by Gasteiger charge is -2.34. The molecule has 1 saturated heterocycles. The first-order valence-electron chi connectivity index (χ1n) is 10.7. The fourth-order valence-corrected chi connectivity index (χ4v) is 4.16. The summed E-state index contributed by atoms with van der Waals surface area (Å²) in [6.45, 7) is 2.91. The lowest BCUT2D eigenvalue weighted by Crippen LogP contribution is -2.49. The van der Waals surface area contributed by atoms with E-state index in [1.807, 2.05) is 9.80 Å². The maximum Gasteiger partial charge on any atom is 0.256 e. The van der Waals surface area contributed by atoms with Crippen LogP contribution in [-0.2, 0) is 6.54 Å². The van der Waals surface area contributed by atoms with Gasteiger partial charge in [-0.1, -0.05) is 6.07 Å². The van der Waals surface area contributed by atoms with Crippen molar-refractivity contribution >= 4 is 23.8 Å². The molecule has 0 unspecified atom stereocenters. The van der Waals surface area contributed by atoms with Crippen molar-refractivity contribution in [3.05, 3.63) is 83.2 Å². The molecule has 7 nitrogen and oxygen atoms in total. The maximum absolute atomic E-state index is 14.6. The Morgan fingerprint density at radius 3 is 2.55 bits per heavy atom. The van der Waals surface area contributed by atoms with Gasteiger partial charge < -0.3 is 14.7 Å². The van der Waals surface area contributed by atoms with Crippen LogP contribution in [-0.4, -0.2) is 59.8 Å². The van der Waals surface area contributed by atoms with Crippen LogP contribution in [0.5, 0.6) is 0 Å². The first-order valence-corrected chi connectivity index (χ1v) is 10.7. The minimum atomic E-state index is -0.545. The van der Waals surface area contributed by atoms with Crippen LogP contribution in [0.4, 0.5) is 20.4 Å². The Labute approximate surface area is 190 Å². The molecule has 0 bridgehead atoms. The van der Waals surface area contributed by atoms with Gasteiger partial charge in [0.15, 0.2) is 0 Å². The van der Waals surface area contributed by atoms with Crippen molar-refractivity contribution in [1.29, 1.82) is 0 Å². The molecule has 1 aromatic heterocycles.